The zero-order valence-electron chi connectivity index (χ0n) is 10.6. The highest BCUT2D eigenvalue weighted by atomic mass is 14.0. The highest BCUT2D eigenvalue weighted by Crippen LogP contribution is 2.09. The summed E-state index contributed by atoms with van der Waals surface area (Å²) in [4.78, 5) is 0. The lowest BCUT2D eigenvalue weighted by atomic mass is 10.0. The normalized spacial score (nSPS) is 12.1. The van der Waals surface area contributed by atoms with Gasteiger partial charge in [-0.05, 0) is 37.5 Å². The van der Waals surface area contributed by atoms with Crippen LogP contribution in [0.4, 0.5) is 0 Å². The minimum atomic E-state index is 0.865. The van der Waals surface area contributed by atoms with E-state index in [0.29, 0.717) is 0 Å². The molecule has 0 bridgehead atoms. The minimum Gasteiger partial charge on any atom is -0.0885 e. The average Bonchev–Trinajstić information content (AvgIpc) is 2.08. The number of hydrogen-bond acceptors (Lipinski definition) is 0. The average molecular weight is 196 g/mol. The zero-order chi connectivity index (χ0) is 10.8. The third kappa shape index (κ3) is 11.7. The fourth-order valence-electron chi connectivity index (χ4n) is 1.52. The van der Waals surface area contributed by atoms with Crippen LogP contribution in [0.2, 0.25) is 0 Å². The maximum atomic E-state index is 2.36. The molecule has 0 fully saturated rings. The fourth-order valence-corrected chi connectivity index (χ4v) is 1.52. The molecule has 0 heteroatoms. The number of rotatable bonds is 8. The molecule has 0 radical (unpaired) electrons. The van der Waals surface area contributed by atoms with Gasteiger partial charge in [0.15, 0.2) is 0 Å². The molecule has 0 aromatic heterocycles. The van der Waals surface area contributed by atoms with E-state index in [9.17, 15) is 0 Å². The Morgan fingerprint density at radius 1 is 0.714 bits per heavy atom. The molecule has 0 N–H and O–H groups in total. The Kier molecular flexibility index (Phi) is 9.13. The van der Waals surface area contributed by atoms with Crippen LogP contribution in [0.3, 0.4) is 0 Å². The van der Waals surface area contributed by atoms with Crippen molar-refractivity contribution in [2.24, 2.45) is 11.8 Å². The molecule has 0 unspecified atom stereocenters. The van der Waals surface area contributed by atoms with Gasteiger partial charge in [-0.2, -0.15) is 0 Å². The molecule has 0 nitrogen and oxygen atoms in total. The van der Waals surface area contributed by atoms with Crippen molar-refractivity contribution < 1.29 is 0 Å². The predicted molar refractivity (Wildman–Crippen MR) is 66.5 cm³/mol. The van der Waals surface area contributed by atoms with E-state index in [1.807, 2.05) is 0 Å². The van der Waals surface area contributed by atoms with Gasteiger partial charge in [0, 0.05) is 0 Å². The molecular weight excluding hydrogens is 168 g/mol. The van der Waals surface area contributed by atoms with Crippen molar-refractivity contribution in [3.63, 3.8) is 0 Å². The summed E-state index contributed by atoms with van der Waals surface area (Å²) < 4.78 is 0. The topological polar surface area (TPSA) is 0 Å². The van der Waals surface area contributed by atoms with Crippen LogP contribution in [-0.4, -0.2) is 0 Å². The van der Waals surface area contributed by atoms with Crippen LogP contribution in [-0.2, 0) is 0 Å². The van der Waals surface area contributed by atoms with Gasteiger partial charge in [0.2, 0.25) is 0 Å². The number of unbranched alkanes of at least 4 members (excludes halogenated alkanes) is 2. The van der Waals surface area contributed by atoms with E-state index in [1.165, 1.54) is 38.5 Å². The summed E-state index contributed by atoms with van der Waals surface area (Å²) in [5.74, 6) is 1.73. The van der Waals surface area contributed by atoms with E-state index >= 15 is 0 Å². The van der Waals surface area contributed by atoms with Gasteiger partial charge < -0.3 is 0 Å². The van der Waals surface area contributed by atoms with Crippen molar-refractivity contribution in [2.45, 2.75) is 66.2 Å². The van der Waals surface area contributed by atoms with Crippen LogP contribution in [0.25, 0.3) is 0 Å². The highest BCUT2D eigenvalue weighted by molar-refractivity contribution is 4.81. The van der Waals surface area contributed by atoms with Crippen molar-refractivity contribution in [3.8, 4) is 0 Å². The van der Waals surface area contributed by atoms with Crippen LogP contribution in [0.5, 0.6) is 0 Å². The lowest BCUT2D eigenvalue weighted by Gasteiger charge is -2.01. The standard InChI is InChI=1S/C14H28/c1-13(2)11-9-7-5-6-8-10-12-14(3)4/h5-6,13-14H,7-12H2,1-4H3/b6-5-. The molecular formula is C14H28. The number of allylic oxidation sites excluding steroid dienone is 2. The van der Waals surface area contributed by atoms with Crippen molar-refractivity contribution in [1.29, 1.82) is 0 Å². The monoisotopic (exact) mass is 196 g/mol. The SMILES string of the molecule is CC(C)CCC/C=C\CCCC(C)C. The second kappa shape index (κ2) is 9.30. The first-order valence-electron chi connectivity index (χ1n) is 6.28. The Morgan fingerprint density at radius 3 is 1.36 bits per heavy atom. The second-order valence-corrected chi connectivity index (χ2v) is 5.12. The van der Waals surface area contributed by atoms with Gasteiger partial charge in [-0.25, -0.2) is 0 Å². The molecule has 0 heterocycles. The summed E-state index contributed by atoms with van der Waals surface area (Å²) in [6.45, 7) is 9.19. The largest absolute Gasteiger partial charge is 0.0885 e. The molecule has 0 aromatic rings. The van der Waals surface area contributed by atoms with Crippen molar-refractivity contribution in [2.75, 3.05) is 0 Å². The summed E-state index contributed by atoms with van der Waals surface area (Å²) in [5, 5.41) is 0. The van der Waals surface area contributed by atoms with E-state index in [0.717, 1.165) is 11.8 Å². The third-order valence-electron chi connectivity index (χ3n) is 2.47. The van der Waals surface area contributed by atoms with Crippen LogP contribution >= 0.6 is 0 Å². The molecule has 0 saturated heterocycles. The molecule has 0 aliphatic carbocycles. The Hall–Kier alpha value is -0.260. The van der Waals surface area contributed by atoms with E-state index in [-0.39, 0.29) is 0 Å². The van der Waals surface area contributed by atoms with Crippen LogP contribution < -0.4 is 0 Å². The van der Waals surface area contributed by atoms with Crippen molar-refractivity contribution in [1.82, 2.24) is 0 Å². The first kappa shape index (κ1) is 13.7. The molecule has 0 aliphatic rings. The summed E-state index contributed by atoms with van der Waals surface area (Å²) in [7, 11) is 0. The van der Waals surface area contributed by atoms with E-state index in [4.69, 9.17) is 0 Å². The van der Waals surface area contributed by atoms with Gasteiger partial charge in [-0.15, -0.1) is 0 Å². The van der Waals surface area contributed by atoms with Crippen LogP contribution in [0.1, 0.15) is 66.2 Å². The molecule has 0 spiro atoms. The van der Waals surface area contributed by atoms with Crippen molar-refractivity contribution >= 4 is 0 Å². The summed E-state index contributed by atoms with van der Waals surface area (Å²) >= 11 is 0. The summed E-state index contributed by atoms with van der Waals surface area (Å²) in [5.41, 5.74) is 0. The maximum absolute atomic E-state index is 2.36. The lowest BCUT2D eigenvalue weighted by Crippen LogP contribution is -1.86. The Balaban J connectivity index is 3.12. The minimum absolute atomic E-state index is 0.865. The highest BCUT2D eigenvalue weighted by Gasteiger charge is 1.92. The van der Waals surface area contributed by atoms with E-state index in [1.54, 1.807) is 0 Å². The predicted octanol–water partition coefficient (Wildman–Crippen LogP) is 5.20. The Labute approximate surface area is 90.8 Å². The molecule has 0 amide bonds. The van der Waals surface area contributed by atoms with Gasteiger partial charge in [-0.1, -0.05) is 52.7 Å². The maximum Gasteiger partial charge on any atom is -0.0351 e. The van der Waals surface area contributed by atoms with Crippen LogP contribution in [0, 0.1) is 11.8 Å². The molecule has 84 valence electrons. The van der Waals surface area contributed by atoms with Gasteiger partial charge in [-0.3, -0.25) is 0 Å². The third-order valence-corrected chi connectivity index (χ3v) is 2.47. The Bertz CT molecular complexity index is 115. The summed E-state index contributed by atoms with van der Waals surface area (Å²) in [6, 6.07) is 0. The first-order chi connectivity index (χ1) is 6.63. The summed E-state index contributed by atoms with van der Waals surface area (Å²) in [6.07, 6.45) is 12.7. The lowest BCUT2D eigenvalue weighted by molar-refractivity contribution is 0.554. The first-order valence-corrected chi connectivity index (χ1v) is 6.28. The number of hydrogen-bond donors (Lipinski definition) is 0. The van der Waals surface area contributed by atoms with Crippen LogP contribution in [0.15, 0.2) is 12.2 Å². The molecule has 14 heavy (non-hydrogen) atoms. The van der Waals surface area contributed by atoms with E-state index in [2.05, 4.69) is 39.8 Å². The van der Waals surface area contributed by atoms with Gasteiger partial charge >= 0.3 is 0 Å². The smallest absolute Gasteiger partial charge is 0.0351 e. The molecule has 0 rings (SSSR count). The zero-order valence-corrected chi connectivity index (χ0v) is 10.6. The molecule has 0 aromatic carbocycles. The van der Waals surface area contributed by atoms with Crippen molar-refractivity contribution in [3.05, 3.63) is 12.2 Å². The van der Waals surface area contributed by atoms with Gasteiger partial charge in [0.1, 0.15) is 0 Å². The molecule has 0 aliphatic heterocycles. The van der Waals surface area contributed by atoms with E-state index < -0.39 is 0 Å². The molecule has 0 saturated carbocycles. The second-order valence-electron chi connectivity index (χ2n) is 5.12. The quantitative estimate of drug-likeness (QED) is 0.370. The van der Waals surface area contributed by atoms with Gasteiger partial charge in [0.25, 0.3) is 0 Å². The fraction of sp³-hybridized carbons (Fsp3) is 0.857. The van der Waals surface area contributed by atoms with Gasteiger partial charge in [0.05, 0.1) is 0 Å². The Morgan fingerprint density at radius 2 is 1.07 bits per heavy atom. The molecule has 0 atom stereocenters.